The second-order valence-electron chi connectivity index (χ2n) is 5.42. The first-order chi connectivity index (χ1) is 11.8. The number of rotatable bonds is 6. The number of carbonyl (C=O) groups excluding carboxylic acids is 2. The molecule has 2 rings (SSSR count). The van der Waals surface area contributed by atoms with Crippen LogP contribution in [0.2, 0.25) is 0 Å². The van der Waals surface area contributed by atoms with Crippen LogP contribution in [0.25, 0.3) is 0 Å². The third-order valence-corrected chi connectivity index (χ3v) is 3.59. The smallest absolute Gasteiger partial charge is 0.338 e. The van der Waals surface area contributed by atoms with Gasteiger partial charge >= 0.3 is 11.7 Å². The summed E-state index contributed by atoms with van der Waals surface area (Å²) in [6.45, 7) is 3.42. The summed E-state index contributed by atoms with van der Waals surface area (Å²) in [5.74, 6) is -1.09. The number of hydrogen-bond donors (Lipinski definition) is 0. The zero-order valence-corrected chi connectivity index (χ0v) is 14.0. The molecule has 0 amide bonds. The number of ketones is 1. The van der Waals surface area contributed by atoms with Gasteiger partial charge in [-0.05, 0) is 26.0 Å². The molecule has 0 saturated heterocycles. The largest absolute Gasteiger partial charge is 0.475 e. The molecule has 0 fully saturated rings. The molecule has 0 radical (unpaired) electrons. The van der Waals surface area contributed by atoms with E-state index in [0.29, 0.717) is 5.56 Å². The fourth-order valence-corrected chi connectivity index (χ4v) is 2.20. The first-order valence-electron chi connectivity index (χ1n) is 7.47. The number of esters is 1. The molecule has 0 aromatic heterocycles. The lowest BCUT2D eigenvalue weighted by molar-refractivity contribution is -0.386. The molecule has 0 spiro atoms. The highest BCUT2D eigenvalue weighted by Crippen LogP contribution is 2.29. The van der Waals surface area contributed by atoms with Gasteiger partial charge in [0.25, 0.3) is 0 Å². The molecule has 130 valence electrons. The normalized spacial score (nSPS) is 11.5. The Morgan fingerprint density at radius 2 is 1.68 bits per heavy atom. The molecule has 0 N–H and O–H groups in total. The monoisotopic (exact) mass is 343 g/mol. The molecular formula is C18H17NO6. The van der Waals surface area contributed by atoms with E-state index < -0.39 is 22.7 Å². The van der Waals surface area contributed by atoms with Gasteiger partial charge in [0.05, 0.1) is 17.6 Å². The zero-order chi connectivity index (χ0) is 18.6. The first kappa shape index (κ1) is 18.1. The van der Waals surface area contributed by atoms with E-state index in [9.17, 15) is 19.7 Å². The molecule has 0 aliphatic heterocycles. The van der Waals surface area contributed by atoms with Crippen molar-refractivity contribution < 1.29 is 24.0 Å². The van der Waals surface area contributed by atoms with Crippen molar-refractivity contribution >= 4 is 17.4 Å². The van der Waals surface area contributed by atoms with E-state index in [1.807, 2.05) is 6.92 Å². The summed E-state index contributed by atoms with van der Waals surface area (Å²) in [6, 6.07) is 10.6. The molecule has 2 aromatic rings. The lowest BCUT2D eigenvalue weighted by Gasteiger charge is -2.14. The van der Waals surface area contributed by atoms with Crippen molar-refractivity contribution in [1.82, 2.24) is 0 Å². The van der Waals surface area contributed by atoms with Crippen molar-refractivity contribution in [1.29, 1.82) is 0 Å². The molecule has 7 nitrogen and oxygen atoms in total. The van der Waals surface area contributed by atoms with Crippen LogP contribution in [0, 0.1) is 17.0 Å². The van der Waals surface area contributed by atoms with Crippen LogP contribution < -0.4 is 4.74 Å². The number of benzene rings is 2. The number of carbonyl (C=O) groups is 2. The van der Waals surface area contributed by atoms with Gasteiger partial charge < -0.3 is 9.47 Å². The van der Waals surface area contributed by atoms with E-state index in [0.717, 1.165) is 11.6 Å². The third-order valence-electron chi connectivity index (χ3n) is 3.59. The quantitative estimate of drug-likeness (QED) is 0.345. The molecule has 0 bridgehead atoms. The highest BCUT2D eigenvalue weighted by molar-refractivity contribution is 5.99. The average Bonchev–Trinajstić information content (AvgIpc) is 2.61. The van der Waals surface area contributed by atoms with Gasteiger partial charge in [-0.1, -0.05) is 29.8 Å². The van der Waals surface area contributed by atoms with Crippen molar-refractivity contribution in [2.75, 3.05) is 7.11 Å². The summed E-state index contributed by atoms with van der Waals surface area (Å²) in [5, 5.41) is 11.2. The van der Waals surface area contributed by atoms with E-state index in [1.165, 1.54) is 26.2 Å². The average molecular weight is 343 g/mol. The molecule has 25 heavy (non-hydrogen) atoms. The van der Waals surface area contributed by atoms with Gasteiger partial charge in [-0.2, -0.15) is 0 Å². The predicted molar refractivity (Wildman–Crippen MR) is 90.0 cm³/mol. The summed E-state index contributed by atoms with van der Waals surface area (Å²) < 4.78 is 10.0. The number of Topliss-reactive ketones (excluding diaryl/α,β-unsaturated/α-hetero) is 1. The highest BCUT2D eigenvalue weighted by atomic mass is 16.6. The van der Waals surface area contributed by atoms with Crippen molar-refractivity contribution in [2.45, 2.75) is 20.0 Å². The number of hydrogen-bond acceptors (Lipinski definition) is 6. The van der Waals surface area contributed by atoms with Gasteiger partial charge in [0.1, 0.15) is 0 Å². The van der Waals surface area contributed by atoms with Gasteiger partial charge in [-0.25, -0.2) is 4.79 Å². The van der Waals surface area contributed by atoms with E-state index in [-0.39, 0.29) is 17.1 Å². The fourth-order valence-electron chi connectivity index (χ4n) is 2.20. The topological polar surface area (TPSA) is 95.7 Å². The molecule has 0 aliphatic carbocycles. The molecule has 0 heterocycles. The van der Waals surface area contributed by atoms with E-state index >= 15 is 0 Å². The Balaban J connectivity index is 2.26. The standard InChI is InChI=1S/C18H17NO6/c1-11-4-6-13(7-5-11)17(20)12(2)25-16-9-8-14(18(21)24-3)10-15(16)19(22)23/h4-10,12H,1-3H3/t12-/m1/s1. The Labute approximate surface area is 144 Å². The summed E-state index contributed by atoms with van der Waals surface area (Å²) >= 11 is 0. The van der Waals surface area contributed by atoms with Crippen molar-refractivity contribution in [2.24, 2.45) is 0 Å². The van der Waals surface area contributed by atoms with Gasteiger partial charge in [0, 0.05) is 11.6 Å². The summed E-state index contributed by atoms with van der Waals surface area (Å²) in [4.78, 5) is 34.5. The maximum absolute atomic E-state index is 12.4. The third kappa shape index (κ3) is 4.20. The van der Waals surface area contributed by atoms with Crippen LogP contribution in [0.3, 0.4) is 0 Å². The highest BCUT2D eigenvalue weighted by Gasteiger charge is 2.24. The van der Waals surface area contributed by atoms with Gasteiger partial charge in [-0.15, -0.1) is 0 Å². The Morgan fingerprint density at radius 1 is 1.08 bits per heavy atom. The molecular weight excluding hydrogens is 326 g/mol. The second-order valence-corrected chi connectivity index (χ2v) is 5.42. The molecule has 1 atom stereocenters. The second kappa shape index (κ2) is 7.57. The van der Waals surface area contributed by atoms with Gasteiger partial charge in [0.2, 0.25) is 5.78 Å². The molecule has 0 unspecified atom stereocenters. The Morgan fingerprint density at radius 3 is 2.24 bits per heavy atom. The summed E-state index contributed by atoms with van der Waals surface area (Å²) in [5.41, 5.74) is 1.08. The molecule has 2 aromatic carbocycles. The van der Waals surface area contributed by atoms with Crippen LogP contribution in [-0.2, 0) is 4.74 Å². The van der Waals surface area contributed by atoms with Crippen LogP contribution in [0.5, 0.6) is 5.75 Å². The van der Waals surface area contributed by atoms with E-state index in [4.69, 9.17) is 4.74 Å². The maximum Gasteiger partial charge on any atom is 0.338 e. The van der Waals surface area contributed by atoms with E-state index in [1.54, 1.807) is 24.3 Å². The zero-order valence-electron chi connectivity index (χ0n) is 14.0. The van der Waals surface area contributed by atoms with Crippen LogP contribution in [0.15, 0.2) is 42.5 Å². The Hall–Kier alpha value is -3.22. The maximum atomic E-state index is 12.4. The van der Waals surface area contributed by atoms with Crippen molar-refractivity contribution in [3.8, 4) is 5.75 Å². The minimum atomic E-state index is -0.926. The minimum absolute atomic E-state index is 0.0269. The Bertz CT molecular complexity index is 813. The van der Waals surface area contributed by atoms with Crippen LogP contribution in [0.4, 0.5) is 5.69 Å². The number of nitro benzene ring substituents is 1. The Kier molecular flexibility index (Phi) is 5.49. The predicted octanol–water partition coefficient (Wildman–Crippen LogP) is 3.34. The first-order valence-corrected chi connectivity index (χ1v) is 7.47. The molecule has 0 aliphatic rings. The number of nitrogens with zero attached hydrogens (tertiary/aromatic N) is 1. The summed E-state index contributed by atoms with van der Waals surface area (Å²) in [6.07, 6.45) is -0.926. The van der Waals surface area contributed by atoms with Crippen LogP contribution in [-0.4, -0.2) is 29.9 Å². The van der Waals surface area contributed by atoms with Crippen LogP contribution in [0.1, 0.15) is 33.2 Å². The number of ether oxygens (including phenoxy) is 2. The minimum Gasteiger partial charge on any atom is -0.475 e. The van der Waals surface area contributed by atoms with Gasteiger partial charge in [0.15, 0.2) is 11.9 Å². The van der Waals surface area contributed by atoms with Gasteiger partial charge in [-0.3, -0.25) is 14.9 Å². The lowest BCUT2D eigenvalue weighted by atomic mass is 10.1. The fraction of sp³-hybridized carbons (Fsp3) is 0.222. The molecule has 0 saturated carbocycles. The van der Waals surface area contributed by atoms with E-state index in [2.05, 4.69) is 4.74 Å². The molecule has 7 heteroatoms. The number of methoxy groups -OCH3 is 1. The van der Waals surface area contributed by atoms with Crippen molar-refractivity contribution in [3.05, 3.63) is 69.3 Å². The van der Waals surface area contributed by atoms with Crippen LogP contribution >= 0.6 is 0 Å². The number of nitro groups is 1. The number of aryl methyl sites for hydroxylation is 1. The SMILES string of the molecule is COC(=O)c1ccc(O[C@H](C)C(=O)c2ccc(C)cc2)c([N+](=O)[O-])c1. The summed E-state index contributed by atoms with van der Waals surface area (Å²) in [7, 11) is 1.18. The lowest BCUT2D eigenvalue weighted by Crippen LogP contribution is -2.24. The van der Waals surface area contributed by atoms with Crippen molar-refractivity contribution in [3.63, 3.8) is 0 Å².